The van der Waals surface area contributed by atoms with Crippen molar-refractivity contribution in [2.24, 2.45) is 5.41 Å². The first kappa shape index (κ1) is 14.9. The van der Waals surface area contributed by atoms with E-state index in [2.05, 4.69) is 10.0 Å². The predicted octanol–water partition coefficient (Wildman–Crippen LogP) is 0.871. The largest absolute Gasteiger partial charge is 0.311 e. The van der Waals surface area contributed by atoms with E-state index in [1.165, 1.54) is 24.3 Å². The second kappa shape index (κ2) is 5.12. The molecule has 1 atom stereocenters. The zero-order chi connectivity index (χ0) is 15.0. The quantitative estimate of drug-likeness (QED) is 0.620. The summed E-state index contributed by atoms with van der Waals surface area (Å²) in [5, 5.41) is 14.0. The number of sulfonamides is 1. The summed E-state index contributed by atoms with van der Waals surface area (Å²) in [7, 11) is -3.89. The SMILES string of the molecule is CC1(C)CNC1CNS(=O)(=O)c1ccccc1[N+](=O)[O-]. The van der Waals surface area contributed by atoms with Gasteiger partial charge in [-0.3, -0.25) is 10.1 Å². The fourth-order valence-electron chi connectivity index (χ4n) is 2.11. The number of hydrogen-bond acceptors (Lipinski definition) is 5. The van der Waals surface area contributed by atoms with Crippen molar-refractivity contribution < 1.29 is 13.3 Å². The maximum atomic E-state index is 12.2. The minimum atomic E-state index is -3.89. The van der Waals surface area contributed by atoms with Crippen LogP contribution in [-0.2, 0) is 10.0 Å². The minimum absolute atomic E-state index is 0.0190. The number of nitro groups is 1. The van der Waals surface area contributed by atoms with Crippen LogP contribution in [0.3, 0.4) is 0 Å². The number of nitrogens with one attached hydrogen (secondary N) is 2. The first-order chi connectivity index (χ1) is 9.24. The van der Waals surface area contributed by atoms with Crippen LogP contribution in [0, 0.1) is 15.5 Å². The lowest BCUT2D eigenvalue weighted by molar-refractivity contribution is -0.387. The third-order valence-electron chi connectivity index (χ3n) is 3.58. The van der Waals surface area contributed by atoms with E-state index in [1.54, 1.807) is 0 Å². The highest BCUT2D eigenvalue weighted by Gasteiger charge is 2.38. The summed E-state index contributed by atoms with van der Waals surface area (Å²) in [6.07, 6.45) is 0. The lowest BCUT2D eigenvalue weighted by Gasteiger charge is -2.45. The van der Waals surface area contributed by atoms with Crippen LogP contribution in [0.25, 0.3) is 0 Å². The summed E-state index contributed by atoms with van der Waals surface area (Å²) in [5.41, 5.74) is -0.397. The van der Waals surface area contributed by atoms with Gasteiger partial charge in [-0.05, 0) is 11.5 Å². The van der Waals surface area contributed by atoms with Gasteiger partial charge in [0.15, 0.2) is 4.90 Å². The lowest BCUT2D eigenvalue weighted by atomic mass is 9.77. The van der Waals surface area contributed by atoms with Crippen LogP contribution in [-0.4, -0.2) is 32.5 Å². The molecular weight excluding hydrogens is 282 g/mol. The van der Waals surface area contributed by atoms with E-state index in [0.29, 0.717) is 0 Å². The molecule has 0 aromatic heterocycles. The van der Waals surface area contributed by atoms with Gasteiger partial charge >= 0.3 is 0 Å². The summed E-state index contributed by atoms with van der Waals surface area (Å²) in [6, 6.07) is 5.35. The summed E-state index contributed by atoms with van der Waals surface area (Å²) in [4.78, 5) is 9.88. The molecule has 110 valence electrons. The monoisotopic (exact) mass is 299 g/mol. The molecule has 1 heterocycles. The number of hydrogen-bond donors (Lipinski definition) is 2. The zero-order valence-corrected chi connectivity index (χ0v) is 12.1. The highest BCUT2D eigenvalue weighted by atomic mass is 32.2. The molecule has 20 heavy (non-hydrogen) atoms. The van der Waals surface area contributed by atoms with E-state index >= 15 is 0 Å². The van der Waals surface area contributed by atoms with Crippen molar-refractivity contribution in [3.8, 4) is 0 Å². The average Bonchev–Trinajstić information content (AvgIpc) is 2.37. The second-order valence-electron chi connectivity index (χ2n) is 5.50. The van der Waals surface area contributed by atoms with Crippen molar-refractivity contribution in [3.05, 3.63) is 34.4 Å². The Hall–Kier alpha value is -1.51. The van der Waals surface area contributed by atoms with Gasteiger partial charge in [0.2, 0.25) is 10.0 Å². The molecule has 0 spiro atoms. The first-order valence-corrected chi connectivity index (χ1v) is 7.69. The fourth-order valence-corrected chi connectivity index (χ4v) is 3.33. The van der Waals surface area contributed by atoms with Gasteiger partial charge in [-0.15, -0.1) is 0 Å². The molecule has 1 fully saturated rings. The smallest absolute Gasteiger partial charge is 0.289 e. The van der Waals surface area contributed by atoms with Crippen molar-refractivity contribution in [1.29, 1.82) is 0 Å². The normalized spacial score (nSPS) is 21.2. The minimum Gasteiger partial charge on any atom is -0.311 e. The average molecular weight is 299 g/mol. The molecule has 1 unspecified atom stereocenters. The van der Waals surface area contributed by atoms with Crippen molar-refractivity contribution in [1.82, 2.24) is 10.0 Å². The van der Waals surface area contributed by atoms with E-state index in [1.807, 2.05) is 13.8 Å². The summed E-state index contributed by atoms with van der Waals surface area (Å²) < 4.78 is 26.8. The van der Waals surface area contributed by atoms with Crippen LogP contribution in [0.5, 0.6) is 0 Å². The molecule has 0 amide bonds. The summed E-state index contributed by atoms with van der Waals surface area (Å²) in [6.45, 7) is 5.10. The Morgan fingerprint density at radius 3 is 2.60 bits per heavy atom. The molecule has 0 bridgehead atoms. The van der Waals surface area contributed by atoms with Gasteiger partial charge in [0.25, 0.3) is 5.69 Å². The molecular formula is C12H17N3O4S. The molecule has 8 heteroatoms. The van der Waals surface area contributed by atoms with Gasteiger partial charge < -0.3 is 5.32 Å². The van der Waals surface area contributed by atoms with Crippen molar-refractivity contribution in [3.63, 3.8) is 0 Å². The molecule has 2 N–H and O–H groups in total. The fraction of sp³-hybridized carbons (Fsp3) is 0.500. The predicted molar refractivity (Wildman–Crippen MR) is 73.9 cm³/mol. The highest BCUT2D eigenvalue weighted by Crippen LogP contribution is 2.28. The number of para-hydroxylation sites is 1. The van der Waals surface area contributed by atoms with Crippen molar-refractivity contribution >= 4 is 15.7 Å². The molecule has 1 aromatic carbocycles. The van der Waals surface area contributed by atoms with Gasteiger partial charge in [-0.2, -0.15) is 0 Å². The molecule has 7 nitrogen and oxygen atoms in total. The molecule has 1 aliphatic heterocycles. The number of nitrogens with zero attached hydrogens (tertiary/aromatic N) is 1. The van der Waals surface area contributed by atoms with Crippen molar-refractivity contribution in [2.45, 2.75) is 24.8 Å². The standard InChI is InChI=1S/C12H17N3O4S/c1-12(2)8-13-11(12)7-14-20(18,19)10-6-4-3-5-9(10)15(16)17/h3-6,11,13-14H,7-8H2,1-2H3. The molecule has 1 aromatic rings. The van der Waals surface area contributed by atoms with E-state index in [4.69, 9.17) is 0 Å². The van der Waals surface area contributed by atoms with E-state index in [0.717, 1.165) is 6.54 Å². The van der Waals surface area contributed by atoms with Gasteiger partial charge in [0, 0.05) is 25.2 Å². The second-order valence-corrected chi connectivity index (χ2v) is 7.23. The molecule has 0 aliphatic carbocycles. The third kappa shape index (κ3) is 2.82. The highest BCUT2D eigenvalue weighted by molar-refractivity contribution is 7.89. The van der Waals surface area contributed by atoms with Crippen LogP contribution in [0.4, 0.5) is 5.69 Å². The Balaban J connectivity index is 2.17. The zero-order valence-electron chi connectivity index (χ0n) is 11.3. The molecule has 2 rings (SSSR count). The number of nitro benzene ring substituents is 1. The maximum absolute atomic E-state index is 12.2. The van der Waals surface area contributed by atoms with Crippen LogP contribution < -0.4 is 10.0 Å². The Morgan fingerprint density at radius 2 is 2.10 bits per heavy atom. The Morgan fingerprint density at radius 1 is 1.45 bits per heavy atom. The topological polar surface area (TPSA) is 101 Å². The summed E-state index contributed by atoms with van der Waals surface area (Å²) >= 11 is 0. The lowest BCUT2D eigenvalue weighted by Crippen LogP contribution is -2.63. The molecule has 1 aliphatic rings. The van der Waals surface area contributed by atoms with Gasteiger partial charge in [-0.1, -0.05) is 26.0 Å². The van der Waals surface area contributed by atoms with Crippen molar-refractivity contribution in [2.75, 3.05) is 13.1 Å². The number of rotatable bonds is 5. The third-order valence-corrected chi connectivity index (χ3v) is 5.05. The van der Waals surface area contributed by atoms with Crippen LogP contribution >= 0.6 is 0 Å². The van der Waals surface area contributed by atoms with Crippen LogP contribution in [0.2, 0.25) is 0 Å². The van der Waals surface area contributed by atoms with Gasteiger partial charge in [0.1, 0.15) is 0 Å². The first-order valence-electron chi connectivity index (χ1n) is 6.20. The summed E-state index contributed by atoms with van der Waals surface area (Å²) in [5.74, 6) is 0. The number of benzene rings is 1. The van der Waals surface area contributed by atoms with E-state index in [9.17, 15) is 18.5 Å². The Bertz CT molecular complexity index is 627. The van der Waals surface area contributed by atoms with E-state index < -0.39 is 20.6 Å². The Kier molecular flexibility index (Phi) is 3.81. The molecule has 1 saturated heterocycles. The maximum Gasteiger partial charge on any atom is 0.289 e. The van der Waals surface area contributed by atoms with E-state index in [-0.39, 0.29) is 22.9 Å². The van der Waals surface area contributed by atoms with Gasteiger partial charge in [0.05, 0.1) is 4.92 Å². The Labute approximate surface area is 117 Å². The van der Waals surface area contributed by atoms with Crippen LogP contribution in [0.1, 0.15) is 13.8 Å². The molecule has 0 radical (unpaired) electrons. The molecule has 0 saturated carbocycles. The van der Waals surface area contributed by atoms with Gasteiger partial charge in [-0.25, -0.2) is 13.1 Å². The van der Waals surface area contributed by atoms with Crippen LogP contribution in [0.15, 0.2) is 29.2 Å².